The second-order valence-corrected chi connectivity index (χ2v) is 9.11. The maximum atomic E-state index is 13.1. The number of halogens is 3. The molecule has 1 aliphatic carbocycles. The summed E-state index contributed by atoms with van der Waals surface area (Å²) in [7, 11) is 0. The molecule has 1 saturated carbocycles. The molecule has 7 nitrogen and oxygen atoms in total. The zero-order chi connectivity index (χ0) is 23.6. The van der Waals surface area contributed by atoms with Crippen LogP contribution >= 0.6 is 0 Å². The van der Waals surface area contributed by atoms with Gasteiger partial charge < -0.3 is 15.7 Å². The van der Waals surface area contributed by atoms with Crippen LogP contribution in [0.2, 0.25) is 0 Å². The van der Waals surface area contributed by atoms with Gasteiger partial charge in [-0.3, -0.25) is 9.69 Å². The fraction of sp³-hybridized carbons (Fsp3) is 0.609. The number of likely N-dealkylation sites (tertiary alicyclic amines) is 1. The van der Waals surface area contributed by atoms with Gasteiger partial charge in [-0.1, -0.05) is 13.0 Å². The number of carbonyl (C=O) groups excluding carboxylic acids is 1. The van der Waals surface area contributed by atoms with Gasteiger partial charge in [0.1, 0.15) is 0 Å². The molecule has 2 aliphatic rings. The summed E-state index contributed by atoms with van der Waals surface area (Å²) in [6.45, 7) is 3.50. The van der Waals surface area contributed by atoms with Crippen molar-refractivity contribution in [2.75, 3.05) is 25.0 Å². The second-order valence-electron chi connectivity index (χ2n) is 9.11. The summed E-state index contributed by atoms with van der Waals surface area (Å²) < 4.78 is 39.2. The Morgan fingerprint density at radius 3 is 2.64 bits per heavy atom. The predicted molar refractivity (Wildman–Crippen MR) is 119 cm³/mol. The van der Waals surface area contributed by atoms with Gasteiger partial charge in [0.15, 0.2) is 5.82 Å². The first kappa shape index (κ1) is 23.7. The van der Waals surface area contributed by atoms with Crippen LogP contribution in [0.1, 0.15) is 44.6 Å². The average Bonchev–Trinajstić information content (AvgIpc) is 2.78. The molecule has 0 radical (unpaired) electrons. The number of amides is 1. The number of rotatable bonds is 7. The SMILES string of the molecule is CC[C@@H](O)C1CCC(N2CC(NC(=O)CNc3nncc4ccc(C(F)(F)F)cc34)C2)CC1. The van der Waals surface area contributed by atoms with Gasteiger partial charge in [-0.2, -0.15) is 18.3 Å². The molecule has 1 atom stereocenters. The number of hydrogen-bond donors (Lipinski definition) is 3. The Labute approximate surface area is 190 Å². The minimum absolute atomic E-state index is 0.0636. The highest BCUT2D eigenvalue weighted by molar-refractivity contribution is 5.93. The Morgan fingerprint density at radius 1 is 1.24 bits per heavy atom. The third-order valence-corrected chi connectivity index (χ3v) is 6.90. The number of benzene rings is 1. The molecule has 2 fully saturated rings. The average molecular weight is 466 g/mol. The minimum Gasteiger partial charge on any atom is -0.393 e. The van der Waals surface area contributed by atoms with Crippen LogP contribution in [0.15, 0.2) is 24.4 Å². The summed E-state index contributed by atoms with van der Waals surface area (Å²) in [4.78, 5) is 14.7. The lowest BCUT2D eigenvalue weighted by Crippen LogP contribution is -2.63. The highest BCUT2D eigenvalue weighted by Gasteiger charge is 2.36. The molecule has 1 aromatic heterocycles. The summed E-state index contributed by atoms with van der Waals surface area (Å²) >= 11 is 0. The molecule has 180 valence electrons. The van der Waals surface area contributed by atoms with E-state index in [-0.39, 0.29) is 35.8 Å². The van der Waals surface area contributed by atoms with Crippen LogP contribution in [0.3, 0.4) is 0 Å². The molecule has 0 unspecified atom stereocenters. The Balaban J connectivity index is 1.24. The van der Waals surface area contributed by atoms with Crippen LogP contribution < -0.4 is 10.6 Å². The number of hydrogen-bond acceptors (Lipinski definition) is 6. The number of fused-ring (bicyclic) bond motifs is 1. The second kappa shape index (κ2) is 9.80. The molecule has 1 aromatic carbocycles. The summed E-state index contributed by atoms with van der Waals surface area (Å²) in [5, 5.41) is 24.3. The van der Waals surface area contributed by atoms with Crippen molar-refractivity contribution >= 4 is 22.5 Å². The fourth-order valence-corrected chi connectivity index (χ4v) is 4.91. The summed E-state index contributed by atoms with van der Waals surface area (Å²) in [5.74, 6) is 0.314. The van der Waals surface area contributed by atoms with Gasteiger partial charge >= 0.3 is 6.18 Å². The van der Waals surface area contributed by atoms with Crippen molar-refractivity contribution in [3.63, 3.8) is 0 Å². The van der Waals surface area contributed by atoms with E-state index in [1.807, 2.05) is 6.92 Å². The smallest absolute Gasteiger partial charge is 0.393 e. The van der Waals surface area contributed by atoms with E-state index in [1.54, 1.807) is 0 Å². The highest BCUT2D eigenvalue weighted by Crippen LogP contribution is 2.33. The first-order chi connectivity index (χ1) is 15.7. The van der Waals surface area contributed by atoms with Gasteiger partial charge in [-0.05, 0) is 50.2 Å². The molecule has 33 heavy (non-hydrogen) atoms. The predicted octanol–water partition coefficient (Wildman–Crippen LogP) is 3.19. The molecular weight excluding hydrogens is 435 g/mol. The van der Waals surface area contributed by atoms with E-state index in [9.17, 15) is 23.1 Å². The third-order valence-electron chi connectivity index (χ3n) is 6.90. The van der Waals surface area contributed by atoms with Gasteiger partial charge in [0.05, 0.1) is 30.5 Å². The van der Waals surface area contributed by atoms with Crippen molar-refractivity contribution < 1.29 is 23.1 Å². The number of alkyl halides is 3. The number of anilines is 1. The normalized spacial score (nSPS) is 23.2. The van der Waals surface area contributed by atoms with Crippen molar-refractivity contribution in [1.82, 2.24) is 20.4 Å². The third kappa shape index (κ3) is 5.55. The number of nitrogens with zero attached hydrogens (tertiary/aromatic N) is 3. The van der Waals surface area contributed by atoms with Gasteiger partial charge in [-0.15, -0.1) is 5.10 Å². The van der Waals surface area contributed by atoms with Crippen LogP contribution in [-0.2, 0) is 11.0 Å². The molecule has 0 bridgehead atoms. The van der Waals surface area contributed by atoms with E-state index < -0.39 is 11.7 Å². The molecule has 3 N–H and O–H groups in total. The lowest BCUT2D eigenvalue weighted by molar-refractivity contribution is -0.137. The lowest BCUT2D eigenvalue weighted by Gasteiger charge is -2.47. The van der Waals surface area contributed by atoms with Crippen LogP contribution in [0.5, 0.6) is 0 Å². The quantitative estimate of drug-likeness (QED) is 0.582. The van der Waals surface area contributed by atoms with E-state index in [0.717, 1.165) is 57.3 Å². The zero-order valence-electron chi connectivity index (χ0n) is 18.6. The van der Waals surface area contributed by atoms with Gasteiger partial charge in [0, 0.05) is 29.9 Å². The Kier molecular flexibility index (Phi) is 7.04. The number of aromatic nitrogens is 2. The molecule has 10 heteroatoms. The standard InChI is InChI=1S/C23H30F3N5O2/c1-2-20(32)14-4-7-18(8-5-14)31-12-17(13-31)29-21(33)11-27-22-19-9-16(23(24,25)26)6-3-15(19)10-28-30-22/h3,6,9-10,14,17-18,20,32H,2,4-5,7-8,11-13H2,1H3,(H,27,30)(H,29,33)/t14?,18?,20-/m1/s1. The van der Waals surface area contributed by atoms with Crippen LogP contribution in [-0.4, -0.2) is 63.9 Å². The first-order valence-corrected chi connectivity index (χ1v) is 11.5. The van der Waals surface area contributed by atoms with E-state index >= 15 is 0 Å². The van der Waals surface area contributed by atoms with E-state index in [4.69, 9.17) is 0 Å². The fourth-order valence-electron chi connectivity index (χ4n) is 4.91. The molecule has 1 amide bonds. The summed E-state index contributed by atoms with van der Waals surface area (Å²) in [6, 6.07) is 3.93. The number of aliphatic hydroxyl groups excluding tert-OH is 1. The van der Waals surface area contributed by atoms with E-state index in [2.05, 4.69) is 25.7 Å². The van der Waals surface area contributed by atoms with Crippen LogP contribution in [0.4, 0.5) is 19.0 Å². The minimum atomic E-state index is -4.46. The maximum Gasteiger partial charge on any atom is 0.416 e. The topological polar surface area (TPSA) is 90.4 Å². The molecular formula is C23H30F3N5O2. The van der Waals surface area contributed by atoms with Crippen molar-refractivity contribution in [2.24, 2.45) is 5.92 Å². The first-order valence-electron chi connectivity index (χ1n) is 11.5. The van der Waals surface area contributed by atoms with Crippen molar-refractivity contribution in [3.8, 4) is 0 Å². The Bertz CT molecular complexity index is 972. The highest BCUT2D eigenvalue weighted by atomic mass is 19.4. The van der Waals surface area contributed by atoms with Gasteiger partial charge in [-0.25, -0.2) is 0 Å². The number of aliphatic hydroxyl groups is 1. The maximum absolute atomic E-state index is 13.1. The molecule has 1 saturated heterocycles. The lowest BCUT2D eigenvalue weighted by atomic mass is 9.80. The summed E-state index contributed by atoms with van der Waals surface area (Å²) in [5.41, 5.74) is -0.775. The molecule has 0 spiro atoms. The monoisotopic (exact) mass is 465 g/mol. The molecule has 2 heterocycles. The number of carbonyl (C=O) groups is 1. The van der Waals surface area contributed by atoms with Crippen LogP contribution in [0.25, 0.3) is 10.8 Å². The Hall–Kier alpha value is -2.46. The van der Waals surface area contributed by atoms with Gasteiger partial charge in [0.2, 0.25) is 5.91 Å². The van der Waals surface area contributed by atoms with Crippen molar-refractivity contribution in [2.45, 2.75) is 63.4 Å². The Morgan fingerprint density at radius 2 is 1.97 bits per heavy atom. The van der Waals surface area contributed by atoms with E-state index in [0.29, 0.717) is 17.3 Å². The largest absolute Gasteiger partial charge is 0.416 e. The molecule has 1 aliphatic heterocycles. The van der Waals surface area contributed by atoms with Gasteiger partial charge in [0.25, 0.3) is 0 Å². The van der Waals surface area contributed by atoms with Crippen molar-refractivity contribution in [3.05, 3.63) is 30.0 Å². The summed E-state index contributed by atoms with van der Waals surface area (Å²) in [6.07, 6.45) is 1.76. The van der Waals surface area contributed by atoms with Crippen LogP contribution in [0, 0.1) is 5.92 Å². The molecule has 4 rings (SSSR count). The van der Waals surface area contributed by atoms with Crippen molar-refractivity contribution in [1.29, 1.82) is 0 Å². The molecule has 2 aromatic rings. The van der Waals surface area contributed by atoms with E-state index in [1.165, 1.54) is 12.3 Å². The zero-order valence-corrected chi connectivity index (χ0v) is 18.6. The number of nitrogens with one attached hydrogen (secondary N) is 2.